The van der Waals surface area contributed by atoms with Gasteiger partial charge in [-0.25, -0.2) is 9.59 Å². The molecule has 10 heteroatoms. The van der Waals surface area contributed by atoms with Gasteiger partial charge in [-0.15, -0.1) is 0 Å². The zero-order valence-corrected chi connectivity index (χ0v) is 17.5. The van der Waals surface area contributed by atoms with E-state index < -0.39 is 35.3 Å². The molecule has 0 bridgehead atoms. The van der Waals surface area contributed by atoms with E-state index in [-0.39, 0.29) is 31.5 Å². The summed E-state index contributed by atoms with van der Waals surface area (Å²) in [6.45, 7) is 9.16. The van der Waals surface area contributed by atoms with Gasteiger partial charge in [-0.1, -0.05) is 0 Å². The Balaban J connectivity index is 5.49. The van der Waals surface area contributed by atoms with Crippen molar-refractivity contribution in [2.75, 3.05) is 26.3 Å². The molecule has 0 amide bonds. The highest BCUT2D eigenvalue weighted by atomic mass is 32.1. The third kappa shape index (κ3) is 10.4. The van der Waals surface area contributed by atoms with E-state index in [1.54, 1.807) is 41.5 Å². The van der Waals surface area contributed by atoms with E-state index in [0.717, 1.165) is 0 Å². The van der Waals surface area contributed by atoms with Crippen LogP contribution in [0, 0.1) is 0 Å². The molecule has 0 heterocycles. The Labute approximate surface area is 165 Å². The molecule has 0 fully saturated rings. The van der Waals surface area contributed by atoms with Crippen molar-refractivity contribution in [3.63, 3.8) is 0 Å². The molecule has 0 saturated carbocycles. The van der Waals surface area contributed by atoms with Crippen LogP contribution in [0.5, 0.6) is 0 Å². The first-order chi connectivity index (χ1) is 12.2. The van der Waals surface area contributed by atoms with Crippen LogP contribution in [0.1, 0.15) is 41.5 Å². The number of aliphatic hydroxyl groups excluding tert-OH is 3. The Bertz CT molecular complexity index is 506. The summed E-state index contributed by atoms with van der Waals surface area (Å²) in [5, 5.41) is 28.2. The minimum Gasteiger partial charge on any atom is -0.458 e. The molecular weight excluding hydrogens is 378 g/mol. The minimum absolute atomic E-state index is 0.0307. The van der Waals surface area contributed by atoms with E-state index in [9.17, 15) is 14.7 Å². The molecule has 0 saturated heterocycles. The second kappa shape index (κ2) is 10.7. The van der Waals surface area contributed by atoms with Gasteiger partial charge >= 0.3 is 11.9 Å². The van der Waals surface area contributed by atoms with Gasteiger partial charge in [0.25, 0.3) is 5.17 Å². The molecule has 2 atom stereocenters. The Hall–Kier alpha value is -1.49. The molecule has 0 aromatic carbocycles. The summed E-state index contributed by atoms with van der Waals surface area (Å²) in [5.74, 6) is -2.08. The van der Waals surface area contributed by atoms with Crippen LogP contribution in [0.25, 0.3) is 0 Å². The number of nitrogens with zero attached hydrogens (tertiary/aromatic N) is 1. The fraction of sp³-hybridized carbons (Fsp3) is 0.824. The number of esters is 2. The maximum Gasteiger partial charge on any atom is 0.351 e. The van der Waals surface area contributed by atoms with E-state index in [1.807, 2.05) is 0 Å². The lowest BCUT2D eigenvalue weighted by atomic mass is 10.1. The summed E-state index contributed by atoms with van der Waals surface area (Å²) in [6.07, 6.45) is -3.76. The topological polar surface area (TPSA) is 126 Å². The molecule has 0 aromatic heterocycles. The van der Waals surface area contributed by atoms with Crippen molar-refractivity contribution in [1.82, 2.24) is 4.90 Å². The summed E-state index contributed by atoms with van der Waals surface area (Å²) in [4.78, 5) is 25.9. The predicted molar refractivity (Wildman–Crippen MR) is 101 cm³/mol. The number of hydrogen-bond acceptors (Lipinski definition) is 9. The molecule has 0 aromatic rings. The number of carbonyl (C=O) groups excluding carboxylic acids is 2. The molecule has 0 spiro atoms. The molecule has 0 aliphatic rings. The Kier molecular flexibility index (Phi) is 10.2. The van der Waals surface area contributed by atoms with Gasteiger partial charge in [0.15, 0.2) is 6.10 Å². The molecule has 0 aliphatic heterocycles. The van der Waals surface area contributed by atoms with E-state index in [0.29, 0.717) is 0 Å². The number of carbonyl (C=O) groups is 2. The van der Waals surface area contributed by atoms with Gasteiger partial charge < -0.3 is 34.4 Å². The maximum absolute atomic E-state index is 12.5. The summed E-state index contributed by atoms with van der Waals surface area (Å²) < 4.78 is 15.6. The second-order valence-corrected chi connectivity index (χ2v) is 8.10. The van der Waals surface area contributed by atoms with Crippen molar-refractivity contribution in [2.45, 2.75) is 65.0 Å². The van der Waals surface area contributed by atoms with Gasteiger partial charge in [-0.2, -0.15) is 0 Å². The van der Waals surface area contributed by atoms with Crippen molar-refractivity contribution in [3.8, 4) is 0 Å². The fourth-order valence-corrected chi connectivity index (χ4v) is 2.09. The van der Waals surface area contributed by atoms with Crippen LogP contribution in [-0.2, 0) is 23.8 Å². The quantitative estimate of drug-likeness (QED) is 0.372. The number of ether oxygens (including phenoxy) is 3. The highest BCUT2D eigenvalue weighted by molar-refractivity contribution is 7.80. The lowest BCUT2D eigenvalue weighted by molar-refractivity contribution is -0.184. The summed E-state index contributed by atoms with van der Waals surface area (Å²) >= 11 is 5.07. The van der Waals surface area contributed by atoms with Gasteiger partial charge in [-0.3, -0.25) is 0 Å². The fourth-order valence-electron chi connectivity index (χ4n) is 1.81. The zero-order chi connectivity index (χ0) is 21.4. The van der Waals surface area contributed by atoms with E-state index in [4.69, 9.17) is 36.6 Å². The summed E-state index contributed by atoms with van der Waals surface area (Å²) in [6, 6.07) is 0. The standard InChI is InChI=1S/C17H31NO8S/c1-16(2,3)25-13(22)11(21)12(14(23)26-17(4,5)6)24-15(27)18(7-9-19)8-10-20/h11-12,19-21H,7-10H2,1-6H3/t11-,12-/m1/s1. The number of hydrogen-bond donors (Lipinski definition) is 3. The third-order valence-electron chi connectivity index (χ3n) is 2.80. The molecule has 0 rings (SSSR count). The smallest absolute Gasteiger partial charge is 0.351 e. The van der Waals surface area contributed by atoms with Crippen LogP contribution in [0.3, 0.4) is 0 Å². The molecule has 0 radical (unpaired) electrons. The average molecular weight is 410 g/mol. The molecule has 0 unspecified atom stereocenters. The van der Waals surface area contributed by atoms with Crippen molar-refractivity contribution in [1.29, 1.82) is 0 Å². The van der Waals surface area contributed by atoms with Crippen LogP contribution in [0.15, 0.2) is 0 Å². The lowest BCUT2D eigenvalue weighted by Crippen LogP contribution is -2.50. The van der Waals surface area contributed by atoms with Crippen molar-refractivity contribution < 1.29 is 39.1 Å². The number of aliphatic hydroxyl groups is 3. The average Bonchev–Trinajstić information content (AvgIpc) is 2.48. The summed E-state index contributed by atoms with van der Waals surface area (Å²) in [7, 11) is 0. The largest absolute Gasteiger partial charge is 0.458 e. The van der Waals surface area contributed by atoms with Crippen molar-refractivity contribution in [3.05, 3.63) is 0 Å². The van der Waals surface area contributed by atoms with Crippen LogP contribution >= 0.6 is 12.2 Å². The highest BCUT2D eigenvalue weighted by Crippen LogP contribution is 2.16. The van der Waals surface area contributed by atoms with Crippen molar-refractivity contribution >= 4 is 29.3 Å². The Morgan fingerprint density at radius 1 is 0.926 bits per heavy atom. The first-order valence-electron chi connectivity index (χ1n) is 8.53. The predicted octanol–water partition coefficient (Wildman–Crippen LogP) is -0.0126. The summed E-state index contributed by atoms with van der Waals surface area (Å²) in [5.41, 5.74) is -1.79. The minimum atomic E-state index is -1.98. The second-order valence-electron chi connectivity index (χ2n) is 7.75. The maximum atomic E-state index is 12.5. The van der Waals surface area contributed by atoms with Crippen LogP contribution in [0.2, 0.25) is 0 Å². The molecule has 158 valence electrons. The Morgan fingerprint density at radius 2 is 1.33 bits per heavy atom. The normalized spacial score (nSPS) is 14.1. The third-order valence-corrected chi connectivity index (χ3v) is 3.15. The molecular formula is C17H31NO8S. The van der Waals surface area contributed by atoms with E-state index in [2.05, 4.69) is 0 Å². The van der Waals surface area contributed by atoms with Gasteiger partial charge in [0.05, 0.1) is 13.2 Å². The van der Waals surface area contributed by atoms with Crippen LogP contribution < -0.4 is 0 Å². The van der Waals surface area contributed by atoms with E-state index >= 15 is 0 Å². The van der Waals surface area contributed by atoms with Gasteiger partial charge in [-0.05, 0) is 53.8 Å². The lowest BCUT2D eigenvalue weighted by Gasteiger charge is -2.30. The monoisotopic (exact) mass is 409 g/mol. The highest BCUT2D eigenvalue weighted by Gasteiger charge is 2.40. The van der Waals surface area contributed by atoms with Gasteiger partial charge in [0, 0.05) is 13.1 Å². The first kappa shape index (κ1) is 25.5. The molecule has 27 heavy (non-hydrogen) atoms. The number of rotatable bonds is 8. The van der Waals surface area contributed by atoms with Gasteiger partial charge in [0.2, 0.25) is 6.10 Å². The molecule has 3 N–H and O–H groups in total. The van der Waals surface area contributed by atoms with Crippen LogP contribution in [0.4, 0.5) is 0 Å². The first-order valence-corrected chi connectivity index (χ1v) is 8.93. The molecule has 9 nitrogen and oxygen atoms in total. The molecule has 0 aliphatic carbocycles. The van der Waals surface area contributed by atoms with E-state index in [1.165, 1.54) is 4.90 Å². The number of thiocarbonyl (C=S) groups is 1. The van der Waals surface area contributed by atoms with Crippen molar-refractivity contribution in [2.24, 2.45) is 0 Å². The zero-order valence-electron chi connectivity index (χ0n) is 16.7. The Morgan fingerprint density at radius 3 is 1.70 bits per heavy atom. The SMILES string of the molecule is CC(C)(C)OC(=O)[C@H](O)[C@@H](OC(=S)N(CCO)CCO)C(=O)OC(C)(C)C. The van der Waals surface area contributed by atoms with Crippen LogP contribution in [-0.4, -0.2) is 87.0 Å². The van der Waals surface area contributed by atoms with Gasteiger partial charge in [0.1, 0.15) is 11.2 Å².